The first kappa shape index (κ1) is 30.7. The third-order valence-corrected chi connectivity index (χ3v) is 9.61. The Balaban J connectivity index is 1.19. The van der Waals surface area contributed by atoms with Crippen LogP contribution in [0, 0.1) is 11.7 Å². The van der Waals surface area contributed by atoms with Crippen LogP contribution in [0.5, 0.6) is 11.5 Å². The molecular formula is C36H42FN5O4. The van der Waals surface area contributed by atoms with Gasteiger partial charge in [-0.2, -0.15) is 0 Å². The van der Waals surface area contributed by atoms with Crippen LogP contribution in [-0.2, 0) is 4.74 Å². The largest absolute Gasteiger partial charge is 0.451 e. The van der Waals surface area contributed by atoms with Crippen LogP contribution < -0.4 is 20.8 Å². The highest BCUT2D eigenvalue weighted by Gasteiger charge is 2.29. The second-order valence-corrected chi connectivity index (χ2v) is 12.8. The number of hydrogen-bond acceptors (Lipinski definition) is 7. The van der Waals surface area contributed by atoms with Crippen LogP contribution >= 0.6 is 0 Å². The van der Waals surface area contributed by atoms with Gasteiger partial charge in [-0.25, -0.2) is 4.39 Å². The molecule has 7 rings (SSSR count). The summed E-state index contributed by atoms with van der Waals surface area (Å²) in [7, 11) is 0. The SMILES string of the molecule is CC1CCN(CCCNc2c(F)cc3c(=O)c(C(=O)NCCCN4CCOCC4)cn4c3c2Oc2cc3ccccc3cc2-4)CC1. The maximum Gasteiger partial charge on any atom is 0.256 e. The average Bonchev–Trinajstić information content (AvgIpc) is 3.07. The van der Waals surface area contributed by atoms with E-state index in [0.29, 0.717) is 30.0 Å². The van der Waals surface area contributed by atoms with Crippen molar-refractivity contribution in [1.82, 2.24) is 19.7 Å². The number of carbonyl (C=O) groups is 1. The lowest BCUT2D eigenvalue weighted by atomic mass is 9.99. The highest BCUT2D eigenvalue weighted by molar-refractivity contribution is 6.02. The Morgan fingerprint density at radius 1 is 0.957 bits per heavy atom. The third kappa shape index (κ3) is 6.21. The van der Waals surface area contributed by atoms with Gasteiger partial charge in [-0.3, -0.25) is 14.5 Å². The third-order valence-electron chi connectivity index (χ3n) is 9.61. The number of hydrogen-bond donors (Lipinski definition) is 2. The molecule has 2 saturated heterocycles. The van der Waals surface area contributed by atoms with Crippen molar-refractivity contribution in [2.24, 2.45) is 5.92 Å². The molecule has 4 aromatic rings. The van der Waals surface area contributed by atoms with Crippen molar-refractivity contribution < 1.29 is 18.7 Å². The zero-order chi connectivity index (χ0) is 31.6. The Morgan fingerprint density at radius 3 is 2.41 bits per heavy atom. The van der Waals surface area contributed by atoms with Crippen molar-refractivity contribution in [3.63, 3.8) is 0 Å². The number of piperidine rings is 1. The van der Waals surface area contributed by atoms with Crippen molar-refractivity contribution in [2.75, 3.05) is 70.9 Å². The summed E-state index contributed by atoms with van der Waals surface area (Å²) in [6.07, 6.45) is 5.61. The number of nitrogens with one attached hydrogen (secondary N) is 2. The first-order valence-electron chi connectivity index (χ1n) is 16.6. The summed E-state index contributed by atoms with van der Waals surface area (Å²) in [5, 5.41) is 8.28. The molecule has 3 aliphatic rings. The van der Waals surface area contributed by atoms with Crippen molar-refractivity contribution in [1.29, 1.82) is 0 Å². The molecule has 4 heterocycles. The molecule has 1 amide bonds. The molecule has 242 valence electrons. The Morgan fingerprint density at radius 2 is 1.65 bits per heavy atom. The number of aromatic nitrogens is 1. The molecule has 2 N–H and O–H groups in total. The Hall–Kier alpha value is -3.99. The normalized spacial score (nSPS) is 17.2. The van der Waals surface area contributed by atoms with Gasteiger partial charge < -0.3 is 29.6 Å². The fraction of sp³-hybridized carbons (Fsp3) is 0.444. The van der Waals surface area contributed by atoms with Gasteiger partial charge in [0.05, 0.1) is 24.3 Å². The van der Waals surface area contributed by atoms with E-state index in [1.165, 1.54) is 18.9 Å². The topological polar surface area (TPSA) is 88.1 Å². The van der Waals surface area contributed by atoms with Crippen LogP contribution in [0.1, 0.15) is 43.0 Å². The van der Waals surface area contributed by atoms with Crippen LogP contribution in [0.2, 0.25) is 0 Å². The van der Waals surface area contributed by atoms with E-state index in [1.54, 1.807) is 6.20 Å². The highest BCUT2D eigenvalue weighted by Crippen LogP contribution is 2.46. The van der Waals surface area contributed by atoms with Crippen molar-refractivity contribution in [2.45, 2.75) is 32.6 Å². The predicted octanol–water partition coefficient (Wildman–Crippen LogP) is 5.37. The maximum absolute atomic E-state index is 15.9. The summed E-state index contributed by atoms with van der Waals surface area (Å²) in [4.78, 5) is 32.0. The van der Waals surface area contributed by atoms with E-state index >= 15 is 4.39 Å². The van der Waals surface area contributed by atoms with Gasteiger partial charge in [0.1, 0.15) is 16.8 Å². The van der Waals surface area contributed by atoms with E-state index < -0.39 is 17.2 Å². The molecule has 3 aliphatic heterocycles. The molecular weight excluding hydrogens is 585 g/mol. The Bertz CT molecular complexity index is 1810. The number of carbonyl (C=O) groups excluding carboxylic acids is 1. The minimum Gasteiger partial charge on any atom is -0.451 e. The lowest BCUT2D eigenvalue weighted by Gasteiger charge is -2.30. The van der Waals surface area contributed by atoms with Crippen molar-refractivity contribution >= 4 is 33.3 Å². The molecule has 0 atom stereocenters. The van der Waals surface area contributed by atoms with E-state index in [4.69, 9.17) is 9.47 Å². The number of morpholine rings is 1. The summed E-state index contributed by atoms with van der Waals surface area (Å²) >= 11 is 0. The van der Waals surface area contributed by atoms with Crippen molar-refractivity contribution in [3.8, 4) is 17.2 Å². The first-order chi connectivity index (χ1) is 22.5. The number of benzene rings is 3. The molecule has 0 saturated carbocycles. The lowest BCUT2D eigenvalue weighted by molar-refractivity contribution is 0.0374. The van der Waals surface area contributed by atoms with E-state index in [1.807, 2.05) is 41.0 Å². The maximum atomic E-state index is 15.9. The molecule has 9 nitrogen and oxygen atoms in total. The molecule has 3 aromatic carbocycles. The summed E-state index contributed by atoms with van der Waals surface area (Å²) in [6, 6.07) is 13.1. The van der Waals surface area contributed by atoms with E-state index in [-0.39, 0.29) is 22.4 Å². The number of nitrogens with zero attached hydrogens (tertiary/aromatic N) is 3. The summed E-state index contributed by atoms with van der Waals surface area (Å²) < 4.78 is 29.6. The summed E-state index contributed by atoms with van der Waals surface area (Å²) in [5.41, 5.74) is 0.824. The number of anilines is 1. The standard InChI is InChI=1S/C36H42FN5O4/c1-24-8-14-40(15-9-24)12-4-10-38-32-29(37)22-27-33-35(32)46-31-21-26-7-3-2-6-25(26)20-30(31)42(33)23-28(34(27)43)36(44)39-11-5-13-41-16-18-45-19-17-41/h2-3,6-7,20-24,38H,4-5,8-19H2,1H3,(H,39,44). The molecule has 46 heavy (non-hydrogen) atoms. The Kier molecular flexibility index (Phi) is 8.93. The van der Waals surface area contributed by atoms with Crippen LogP contribution in [0.25, 0.3) is 27.4 Å². The molecule has 0 radical (unpaired) electrons. The van der Waals surface area contributed by atoms with Crippen molar-refractivity contribution in [3.05, 3.63) is 70.3 Å². The number of fused-ring (bicyclic) bond motifs is 3. The second kappa shape index (κ2) is 13.4. The number of pyridine rings is 1. The molecule has 0 aliphatic carbocycles. The molecule has 2 fully saturated rings. The number of rotatable bonds is 10. The highest BCUT2D eigenvalue weighted by atomic mass is 19.1. The smallest absolute Gasteiger partial charge is 0.256 e. The van der Waals surface area contributed by atoms with Gasteiger partial charge in [-0.05, 0) is 86.8 Å². The molecule has 1 aromatic heterocycles. The summed E-state index contributed by atoms with van der Waals surface area (Å²) in [6.45, 7) is 10.5. The zero-order valence-corrected chi connectivity index (χ0v) is 26.4. The van der Waals surface area contributed by atoms with E-state index in [0.717, 1.165) is 82.0 Å². The average molecular weight is 628 g/mol. The second-order valence-electron chi connectivity index (χ2n) is 12.8. The molecule has 0 bridgehead atoms. The minimum absolute atomic E-state index is 0.0261. The van der Waals surface area contributed by atoms with Gasteiger partial charge in [-0.15, -0.1) is 0 Å². The van der Waals surface area contributed by atoms with E-state index in [2.05, 4.69) is 27.4 Å². The first-order valence-corrected chi connectivity index (χ1v) is 16.6. The van der Waals surface area contributed by atoms with Gasteiger partial charge >= 0.3 is 0 Å². The lowest BCUT2D eigenvalue weighted by Crippen LogP contribution is -2.38. The number of amides is 1. The molecule has 0 spiro atoms. The number of likely N-dealkylation sites (tertiary alicyclic amines) is 1. The fourth-order valence-corrected chi connectivity index (χ4v) is 6.86. The quantitative estimate of drug-likeness (QED) is 0.201. The van der Waals surface area contributed by atoms with Crippen LogP contribution in [0.4, 0.5) is 10.1 Å². The molecule has 0 unspecified atom stereocenters. The van der Waals surface area contributed by atoms with Gasteiger partial charge in [0.2, 0.25) is 5.43 Å². The Labute approximate surface area is 268 Å². The van der Waals surface area contributed by atoms with Crippen LogP contribution in [0.15, 0.2) is 53.5 Å². The van der Waals surface area contributed by atoms with Gasteiger partial charge in [0, 0.05) is 32.4 Å². The fourth-order valence-electron chi connectivity index (χ4n) is 6.86. The minimum atomic E-state index is -0.578. The monoisotopic (exact) mass is 627 g/mol. The van der Waals surface area contributed by atoms with Crippen LogP contribution in [0.3, 0.4) is 0 Å². The van der Waals surface area contributed by atoms with Gasteiger partial charge in [0.25, 0.3) is 5.91 Å². The van der Waals surface area contributed by atoms with E-state index in [9.17, 15) is 9.59 Å². The van der Waals surface area contributed by atoms with Crippen LogP contribution in [-0.4, -0.2) is 85.8 Å². The van der Waals surface area contributed by atoms with Gasteiger partial charge in [0.15, 0.2) is 17.3 Å². The zero-order valence-electron chi connectivity index (χ0n) is 26.4. The predicted molar refractivity (Wildman–Crippen MR) is 179 cm³/mol. The number of halogens is 1. The molecule has 10 heteroatoms. The number of ether oxygens (including phenoxy) is 2. The van der Waals surface area contributed by atoms with Gasteiger partial charge in [-0.1, -0.05) is 31.2 Å². The summed E-state index contributed by atoms with van der Waals surface area (Å²) in [5.74, 6) is 0.520.